The summed E-state index contributed by atoms with van der Waals surface area (Å²) in [4.78, 5) is 0. The molecule has 1 heterocycles. The van der Waals surface area contributed by atoms with E-state index in [1.54, 1.807) is 6.92 Å². The van der Waals surface area contributed by atoms with Gasteiger partial charge in [-0.25, -0.2) is 0 Å². The molecule has 0 N–H and O–H groups in total. The summed E-state index contributed by atoms with van der Waals surface area (Å²) in [5.74, 6) is -1.10. The van der Waals surface area contributed by atoms with Gasteiger partial charge in [0.2, 0.25) is 0 Å². The summed E-state index contributed by atoms with van der Waals surface area (Å²) in [5, 5.41) is -0.0691. The van der Waals surface area contributed by atoms with Crippen molar-refractivity contribution >= 4 is 18.4 Å². The molecule has 200 valence electrons. The van der Waals surface area contributed by atoms with Crippen LogP contribution in [0.1, 0.15) is 79.6 Å². The van der Waals surface area contributed by atoms with E-state index in [2.05, 4.69) is 58.1 Å². The molecule has 34 heavy (non-hydrogen) atoms. The minimum absolute atomic E-state index is 0.0691. The Labute approximate surface area is 205 Å². The molecule has 4 atom stereocenters. The predicted molar refractivity (Wildman–Crippen MR) is 132 cm³/mol. The molecule has 0 amide bonds. The van der Waals surface area contributed by atoms with Gasteiger partial charge in [0.05, 0.1) is 12.2 Å². The maximum atomic E-state index is 12.7. The van der Waals surface area contributed by atoms with Gasteiger partial charge in [-0.05, 0) is 55.8 Å². The second-order valence-electron chi connectivity index (χ2n) is 10.9. The largest absolute Gasteiger partial charge is 0.534 e. The third kappa shape index (κ3) is 8.99. The summed E-state index contributed by atoms with van der Waals surface area (Å²) in [6.45, 7) is 21.9. The van der Waals surface area contributed by atoms with E-state index in [1.165, 1.54) is 0 Å². The first-order chi connectivity index (χ1) is 15.3. The molecule has 1 fully saturated rings. The molecular weight excluding hydrogens is 485 g/mol. The van der Waals surface area contributed by atoms with Crippen molar-refractivity contribution in [1.82, 2.24) is 0 Å². The van der Waals surface area contributed by atoms with Crippen LogP contribution >= 0.6 is 0 Å². The van der Waals surface area contributed by atoms with Crippen molar-refractivity contribution in [1.29, 1.82) is 0 Å². The zero-order valence-corrected chi connectivity index (χ0v) is 23.6. The van der Waals surface area contributed by atoms with E-state index in [1.807, 2.05) is 0 Å². The molecule has 0 bridgehead atoms. The van der Waals surface area contributed by atoms with E-state index < -0.39 is 35.6 Å². The Kier molecular flexibility index (Phi) is 10.9. The first-order valence-corrected chi connectivity index (χ1v) is 16.3. The highest BCUT2D eigenvalue weighted by Crippen LogP contribution is 2.40. The van der Waals surface area contributed by atoms with Crippen molar-refractivity contribution in [3.05, 3.63) is 24.5 Å². The standard InChI is InChI=1S/C24H43F3O5SSi/c1-10-11-12-20-16-18(3)22(30-20)14-13-21(32-34(8,9)23(5,6)7)15-17(2)19(4)31-33(28,29)24(25,26)27/h17,20-22H,3-4,10-16H2,1-2,5-9H3/t17-,20+,21-,22?/m1/s1. The lowest BCUT2D eigenvalue weighted by molar-refractivity contribution is -0.0527. The Morgan fingerprint density at radius 3 is 2.32 bits per heavy atom. The third-order valence-corrected chi connectivity index (χ3v) is 12.4. The van der Waals surface area contributed by atoms with Crippen LogP contribution < -0.4 is 0 Å². The van der Waals surface area contributed by atoms with Gasteiger partial charge in [-0.3, -0.25) is 0 Å². The summed E-state index contributed by atoms with van der Waals surface area (Å²) >= 11 is 0. The second kappa shape index (κ2) is 11.9. The Morgan fingerprint density at radius 1 is 1.24 bits per heavy atom. The van der Waals surface area contributed by atoms with Crippen LogP contribution in [0.15, 0.2) is 24.5 Å². The van der Waals surface area contributed by atoms with Crippen LogP contribution in [0.2, 0.25) is 18.1 Å². The van der Waals surface area contributed by atoms with Crippen LogP contribution in [0.4, 0.5) is 13.2 Å². The van der Waals surface area contributed by atoms with Crippen molar-refractivity contribution in [3.63, 3.8) is 0 Å². The second-order valence-corrected chi connectivity index (χ2v) is 17.2. The number of hydrogen-bond donors (Lipinski definition) is 0. The molecule has 1 aliphatic rings. The molecule has 0 aromatic carbocycles. The summed E-state index contributed by atoms with van der Waals surface area (Å²) in [6, 6.07) is 0. The molecule has 0 radical (unpaired) electrons. The third-order valence-electron chi connectivity index (χ3n) is 6.87. The maximum absolute atomic E-state index is 12.7. The first-order valence-electron chi connectivity index (χ1n) is 12.0. The monoisotopic (exact) mass is 528 g/mol. The molecule has 10 heteroatoms. The number of rotatable bonds is 13. The predicted octanol–water partition coefficient (Wildman–Crippen LogP) is 7.47. The van der Waals surface area contributed by atoms with Crippen molar-refractivity contribution < 1.29 is 34.9 Å². The van der Waals surface area contributed by atoms with E-state index in [4.69, 9.17) is 9.16 Å². The normalized spacial score (nSPS) is 22.0. The summed E-state index contributed by atoms with van der Waals surface area (Å²) in [6.07, 6.45) is 5.42. The fraction of sp³-hybridized carbons (Fsp3) is 0.833. The van der Waals surface area contributed by atoms with Crippen molar-refractivity contribution in [2.75, 3.05) is 0 Å². The number of alkyl halides is 3. The van der Waals surface area contributed by atoms with Gasteiger partial charge in [-0.2, -0.15) is 21.6 Å². The van der Waals surface area contributed by atoms with E-state index in [0.717, 1.165) is 31.3 Å². The fourth-order valence-electron chi connectivity index (χ4n) is 3.63. The van der Waals surface area contributed by atoms with E-state index in [-0.39, 0.29) is 29.8 Å². The highest BCUT2D eigenvalue weighted by Gasteiger charge is 2.49. The van der Waals surface area contributed by atoms with Crippen molar-refractivity contribution in [2.24, 2.45) is 5.92 Å². The minimum Gasteiger partial charge on any atom is -0.414 e. The smallest absolute Gasteiger partial charge is 0.414 e. The lowest BCUT2D eigenvalue weighted by Crippen LogP contribution is -2.44. The van der Waals surface area contributed by atoms with Gasteiger partial charge in [0.25, 0.3) is 0 Å². The Morgan fingerprint density at radius 2 is 1.82 bits per heavy atom. The Hall–Kier alpha value is -0.843. The van der Waals surface area contributed by atoms with Gasteiger partial charge in [0, 0.05) is 12.0 Å². The maximum Gasteiger partial charge on any atom is 0.534 e. The highest BCUT2D eigenvalue weighted by molar-refractivity contribution is 7.87. The molecule has 5 nitrogen and oxygen atoms in total. The molecule has 0 spiro atoms. The zero-order valence-electron chi connectivity index (χ0n) is 21.8. The number of ether oxygens (including phenoxy) is 1. The number of unbranched alkanes of at least 4 members (excludes halogenated alkanes) is 1. The van der Waals surface area contributed by atoms with Crippen molar-refractivity contribution in [2.45, 2.75) is 122 Å². The molecule has 1 saturated heterocycles. The summed E-state index contributed by atoms with van der Waals surface area (Å²) in [7, 11) is -7.95. The van der Waals surface area contributed by atoms with E-state index >= 15 is 0 Å². The number of hydrogen-bond acceptors (Lipinski definition) is 5. The van der Waals surface area contributed by atoms with Crippen LogP contribution in [0.5, 0.6) is 0 Å². The molecular formula is C24H43F3O5SSi. The molecule has 1 aliphatic heterocycles. The number of allylic oxidation sites excluding steroid dienone is 1. The Balaban J connectivity index is 2.91. The van der Waals surface area contributed by atoms with Crippen LogP contribution in [0.3, 0.4) is 0 Å². The van der Waals surface area contributed by atoms with Crippen LogP contribution in [0.25, 0.3) is 0 Å². The molecule has 0 saturated carbocycles. The van der Waals surface area contributed by atoms with Gasteiger partial charge in [-0.1, -0.05) is 60.6 Å². The fourth-order valence-corrected chi connectivity index (χ4v) is 5.57. The lowest BCUT2D eigenvalue weighted by atomic mass is 9.96. The average molecular weight is 529 g/mol. The van der Waals surface area contributed by atoms with Crippen molar-refractivity contribution in [3.8, 4) is 0 Å². The zero-order chi connectivity index (χ0) is 26.5. The Bertz CT molecular complexity index is 802. The summed E-state index contributed by atoms with van der Waals surface area (Å²) in [5.41, 5.74) is -4.44. The quantitative estimate of drug-likeness (QED) is 0.0816. The van der Waals surface area contributed by atoms with E-state index in [0.29, 0.717) is 12.8 Å². The molecule has 1 rings (SSSR count). The van der Waals surface area contributed by atoms with Crippen LogP contribution in [0, 0.1) is 5.92 Å². The highest BCUT2D eigenvalue weighted by atomic mass is 32.2. The topological polar surface area (TPSA) is 61.8 Å². The minimum atomic E-state index is -5.75. The molecule has 0 aromatic rings. The molecule has 0 aromatic heterocycles. The van der Waals surface area contributed by atoms with Gasteiger partial charge in [0.1, 0.15) is 5.76 Å². The first kappa shape index (κ1) is 31.2. The van der Waals surface area contributed by atoms with Crippen LogP contribution in [-0.2, 0) is 23.5 Å². The average Bonchev–Trinajstić information content (AvgIpc) is 3.01. The lowest BCUT2D eigenvalue weighted by Gasteiger charge is -2.40. The molecule has 1 unspecified atom stereocenters. The number of halogens is 3. The summed E-state index contributed by atoms with van der Waals surface area (Å²) < 4.78 is 78.0. The van der Waals surface area contributed by atoms with Gasteiger partial charge >= 0.3 is 15.6 Å². The van der Waals surface area contributed by atoms with E-state index in [9.17, 15) is 21.6 Å². The van der Waals surface area contributed by atoms with Gasteiger partial charge in [0.15, 0.2) is 8.32 Å². The van der Waals surface area contributed by atoms with Crippen LogP contribution in [-0.4, -0.2) is 40.6 Å². The molecule has 0 aliphatic carbocycles. The SMILES string of the molecule is C=C1C[C@H](CCCC)OC1CC[C@H](C[C@@H](C)C(=C)OS(=O)(=O)C(F)(F)F)O[Si](C)(C)C(C)(C)C. The van der Waals surface area contributed by atoms with Gasteiger partial charge in [-0.15, -0.1) is 0 Å². The van der Waals surface area contributed by atoms with Gasteiger partial charge < -0.3 is 13.3 Å².